The second-order valence-corrected chi connectivity index (χ2v) is 8.32. The Labute approximate surface area is 170 Å². The highest BCUT2D eigenvalue weighted by Gasteiger charge is 2.56. The molecular weight excluding hydrogens is 462 g/mol. The normalized spacial score (nSPS) is 21.4. The fraction of sp³-hybridized carbons (Fsp3) is 0.462. The van der Waals surface area contributed by atoms with Crippen LogP contribution < -0.4 is 0 Å². The number of carboxylic acids is 1. The molecule has 27 heavy (non-hydrogen) atoms. The molecule has 0 aromatic carbocycles. The van der Waals surface area contributed by atoms with E-state index < -0.39 is 23.3 Å². The van der Waals surface area contributed by atoms with Gasteiger partial charge in [-0.2, -0.15) is 5.26 Å². The van der Waals surface area contributed by atoms with Gasteiger partial charge in [-0.3, -0.25) is 18.4 Å². The number of nitrogens with zero attached hydrogens (tertiary/aromatic N) is 7. The summed E-state index contributed by atoms with van der Waals surface area (Å²) >= 11 is 5.66. The SMILES string of the molecule is CC(=O)N(Br)C1C(=O)N2C(C(=O)O)=C(CSc3nnnn3CC#N)CS[C@@H]12. The second kappa shape index (κ2) is 7.87. The quantitative estimate of drug-likeness (QED) is 0.342. The number of nitriles is 1. The predicted octanol–water partition coefficient (Wildman–Crippen LogP) is 0.0696. The predicted molar refractivity (Wildman–Crippen MR) is 97.1 cm³/mol. The van der Waals surface area contributed by atoms with Gasteiger partial charge in [0.25, 0.3) is 5.91 Å². The summed E-state index contributed by atoms with van der Waals surface area (Å²) in [5, 5.41) is 29.3. The first-order valence-electron chi connectivity index (χ1n) is 7.48. The Morgan fingerprint density at radius 1 is 1.56 bits per heavy atom. The molecule has 1 fully saturated rings. The largest absolute Gasteiger partial charge is 0.477 e. The van der Waals surface area contributed by atoms with Crippen molar-refractivity contribution in [2.45, 2.75) is 30.0 Å². The van der Waals surface area contributed by atoms with E-state index in [1.807, 2.05) is 6.07 Å². The maximum Gasteiger partial charge on any atom is 0.352 e. The second-order valence-electron chi connectivity index (χ2n) is 5.51. The van der Waals surface area contributed by atoms with Gasteiger partial charge in [0.1, 0.15) is 17.6 Å². The summed E-state index contributed by atoms with van der Waals surface area (Å²) in [6, 6.07) is 1.20. The Kier molecular flexibility index (Phi) is 5.72. The van der Waals surface area contributed by atoms with Gasteiger partial charge in [-0.15, -0.1) is 16.9 Å². The molecule has 0 bridgehead atoms. The number of fused-ring (bicyclic) bond motifs is 1. The maximum absolute atomic E-state index is 12.5. The van der Waals surface area contributed by atoms with Crippen molar-refractivity contribution in [1.29, 1.82) is 5.26 Å². The first kappa shape index (κ1) is 19.6. The van der Waals surface area contributed by atoms with Crippen LogP contribution in [0.15, 0.2) is 16.4 Å². The van der Waals surface area contributed by atoms with E-state index in [-0.39, 0.29) is 23.9 Å². The molecule has 0 spiro atoms. The van der Waals surface area contributed by atoms with E-state index in [0.717, 1.165) is 3.93 Å². The van der Waals surface area contributed by atoms with Crippen molar-refractivity contribution < 1.29 is 19.5 Å². The Morgan fingerprint density at radius 3 is 2.93 bits per heavy atom. The summed E-state index contributed by atoms with van der Waals surface area (Å²) in [6.07, 6.45) is 0. The molecule has 1 aromatic rings. The number of β-lactam (4-membered cyclic amide) rings is 1. The number of hydrogen-bond donors (Lipinski definition) is 1. The van der Waals surface area contributed by atoms with Crippen LogP contribution >= 0.6 is 39.7 Å². The minimum atomic E-state index is -1.21. The highest BCUT2D eigenvalue weighted by Crippen LogP contribution is 2.44. The number of aliphatic carboxylic acids is 1. The number of halogens is 1. The van der Waals surface area contributed by atoms with Crippen LogP contribution in [0.25, 0.3) is 0 Å². The number of carbonyl (C=O) groups excluding carboxylic acids is 2. The Morgan fingerprint density at radius 2 is 2.30 bits per heavy atom. The molecule has 2 aliphatic rings. The van der Waals surface area contributed by atoms with Gasteiger partial charge in [-0.25, -0.2) is 9.48 Å². The van der Waals surface area contributed by atoms with Gasteiger partial charge in [-0.1, -0.05) is 11.8 Å². The number of carboxylic acid groups (broad SMARTS) is 1. The molecule has 3 heterocycles. The first-order valence-corrected chi connectivity index (χ1v) is 10.2. The lowest BCUT2D eigenvalue weighted by Gasteiger charge is -2.51. The average molecular weight is 474 g/mol. The van der Waals surface area contributed by atoms with Gasteiger partial charge >= 0.3 is 5.97 Å². The zero-order valence-corrected chi connectivity index (χ0v) is 17.0. The maximum atomic E-state index is 12.5. The molecule has 0 aliphatic carbocycles. The molecule has 1 saturated heterocycles. The Hall–Kier alpha value is -2.11. The topological polar surface area (TPSA) is 145 Å². The molecule has 14 heteroatoms. The van der Waals surface area contributed by atoms with E-state index in [9.17, 15) is 19.5 Å². The zero-order valence-electron chi connectivity index (χ0n) is 13.8. The molecular formula is C13H12BrN7O4S2. The minimum absolute atomic E-state index is 0.0184. The van der Waals surface area contributed by atoms with Crippen molar-refractivity contribution in [2.24, 2.45) is 0 Å². The molecule has 0 radical (unpaired) electrons. The molecule has 2 atom stereocenters. The lowest BCUT2D eigenvalue weighted by molar-refractivity contribution is -0.154. The van der Waals surface area contributed by atoms with Crippen LogP contribution in [-0.4, -0.2) is 74.8 Å². The van der Waals surface area contributed by atoms with Gasteiger partial charge in [-0.05, 0) is 16.0 Å². The third-order valence-corrected chi connectivity index (χ3v) is 7.17. The molecule has 1 N–H and O–H groups in total. The van der Waals surface area contributed by atoms with Crippen molar-refractivity contribution >= 4 is 57.5 Å². The average Bonchev–Trinajstić information content (AvgIpc) is 3.06. The summed E-state index contributed by atoms with van der Waals surface area (Å²) < 4.78 is 2.46. The standard InChI is InChI=1S/C13H12BrN7O4S2/c1-6(22)21(14)9-10(23)20-8(12(24)25)7(4-26-11(9)20)5-27-13-16-17-18-19(13)3-2-15/h9,11H,3-5H2,1H3,(H,24,25)/t9?,11-/m0/s1. The van der Waals surface area contributed by atoms with E-state index in [4.69, 9.17) is 5.26 Å². The summed E-state index contributed by atoms with van der Waals surface area (Å²) in [7, 11) is 0. The molecule has 1 aromatic heterocycles. The van der Waals surface area contributed by atoms with E-state index in [0.29, 0.717) is 16.5 Å². The van der Waals surface area contributed by atoms with E-state index in [2.05, 4.69) is 31.7 Å². The monoisotopic (exact) mass is 473 g/mol. The van der Waals surface area contributed by atoms with Gasteiger partial charge < -0.3 is 5.11 Å². The first-order chi connectivity index (χ1) is 12.9. The van der Waals surface area contributed by atoms with Crippen LogP contribution in [0.4, 0.5) is 0 Å². The molecule has 0 saturated carbocycles. The molecule has 11 nitrogen and oxygen atoms in total. The number of tetrazole rings is 1. The van der Waals surface area contributed by atoms with Crippen LogP contribution in [0.2, 0.25) is 0 Å². The van der Waals surface area contributed by atoms with Crippen LogP contribution in [0, 0.1) is 11.3 Å². The van der Waals surface area contributed by atoms with Crippen molar-refractivity contribution in [3.05, 3.63) is 11.3 Å². The van der Waals surface area contributed by atoms with Gasteiger partial charge in [0.2, 0.25) is 11.1 Å². The Bertz CT molecular complexity index is 882. The molecule has 1 unspecified atom stereocenters. The smallest absolute Gasteiger partial charge is 0.352 e. The minimum Gasteiger partial charge on any atom is -0.477 e. The highest BCUT2D eigenvalue weighted by atomic mass is 79.9. The van der Waals surface area contributed by atoms with Crippen molar-refractivity contribution in [3.63, 3.8) is 0 Å². The fourth-order valence-electron chi connectivity index (χ4n) is 2.66. The number of aromatic nitrogens is 4. The molecule has 142 valence electrons. The number of amides is 2. The van der Waals surface area contributed by atoms with Gasteiger partial charge in [0.15, 0.2) is 6.04 Å². The van der Waals surface area contributed by atoms with Crippen molar-refractivity contribution in [2.75, 3.05) is 11.5 Å². The van der Waals surface area contributed by atoms with Gasteiger partial charge in [0.05, 0.1) is 22.2 Å². The Balaban J connectivity index is 1.80. The molecule has 2 amide bonds. The third-order valence-electron chi connectivity index (χ3n) is 3.86. The van der Waals surface area contributed by atoms with Crippen LogP contribution in [0.3, 0.4) is 0 Å². The lowest BCUT2D eigenvalue weighted by Crippen LogP contribution is -2.69. The van der Waals surface area contributed by atoms with Crippen molar-refractivity contribution in [1.82, 2.24) is 29.0 Å². The number of thioether (sulfide) groups is 2. The van der Waals surface area contributed by atoms with Crippen LogP contribution in [0.1, 0.15) is 6.92 Å². The number of hydrogen-bond acceptors (Lipinski definition) is 9. The fourth-order valence-corrected chi connectivity index (χ4v) is 5.62. The summed E-state index contributed by atoms with van der Waals surface area (Å²) in [5.41, 5.74) is 0.479. The zero-order chi connectivity index (χ0) is 19.7. The van der Waals surface area contributed by atoms with E-state index in [1.165, 1.54) is 40.0 Å². The molecule has 2 aliphatic heterocycles. The highest BCUT2D eigenvalue weighted by molar-refractivity contribution is 9.07. The van der Waals surface area contributed by atoms with Crippen LogP contribution in [-0.2, 0) is 20.9 Å². The summed E-state index contributed by atoms with van der Waals surface area (Å²) in [6.45, 7) is 1.30. The third kappa shape index (κ3) is 3.54. The van der Waals surface area contributed by atoms with E-state index >= 15 is 0 Å². The molecule has 3 rings (SSSR count). The van der Waals surface area contributed by atoms with Crippen molar-refractivity contribution in [3.8, 4) is 6.07 Å². The summed E-state index contributed by atoms with van der Waals surface area (Å²) in [5.74, 6) is -1.35. The number of carbonyl (C=O) groups is 3. The summed E-state index contributed by atoms with van der Waals surface area (Å²) in [4.78, 5) is 37.0. The van der Waals surface area contributed by atoms with Crippen LogP contribution in [0.5, 0.6) is 0 Å². The lowest BCUT2D eigenvalue weighted by atomic mass is 10.0. The van der Waals surface area contributed by atoms with Gasteiger partial charge in [0, 0.05) is 18.4 Å². The number of rotatable bonds is 6. The van der Waals surface area contributed by atoms with E-state index in [1.54, 1.807) is 0 Å².